The molecule has 0 unspecified atom stereocenters. The van der Waals surface area contributed by atoms with E-state index in [2.05, 4.69) is 17.0 Å². The molecule has 0 radical (unpaired) electrons. The molecule has 1 heterocycles. The predicted octanol–water partition coefficient (Wildman–Crippen LogP) is 0.276. The van der Waals surface area contributed by atoms with E-state index >= 15 is 0 Å². The minimum Gasteiger partial charge on any atom is -0.475 e. The third-order valence-corrected chi connectivity index (χ3v) is 1.22. The van der Waals surface area contributed by atoms with E-state index in [9.17, 15) is 4.79 Å². The molecule has 0 aromatic carbocycles. The van der Waals surface area contributed by atoms with Crippen LogP contribution >= 0.6 is 12.2 Å². The van der Waals surface area contributed by atoms with Crippen molar-refractivity contribution in [2.24, 2.45) is 0 Å². The minimum absolute atomic E-state index is 0.309. The first-order chi connectivity index (χ1) is 4.34. The van der Waals surface area contributed by atoms with E-state index < -0.39 is 6.10 Å². The van der Waals surface area contributed by atoms with Gasteiger partial charge in [0.25, 0.3) is 0 Å². The van der Waals surface area contributed by atoms with Gasteiger partial charge < -0.3 is 9.47 Å². The fraction of sp³-hybridized carbons (Fsp3) is 0.600. The van der Waals surface area contributed by atoms with E-state index in [1.165, 1.54) is 0 Å². The lowest BCUT2D eigenvalue weighted by molar-refractivity contribution is -0.143. The maximum atomic E-state index is 10.6. The molecule has 1 aliphatic heterocycles. The molecule has 0 bridgehead atoms. The molecule has 0 aromatic heterocycles. The van der Waals surface area contributed by atoms with E-state index in [1.54, 1.807) is 0 Å². The molecule has 0 spiro atoms. The van der Waals surface area contributed by atoms with Gasteiger partial charge >= 0.3 is 5.97 Å². The summed E-state index contributed by atoms with van der Waals surface area (Å²) in [6, 6.07) is 0. The normalized spacial score (nSPS) is 25.3. The van der Waals surface area contributed by atoms with E-state index in [0.717, 1.165) is 5.55 Å². The zero-order valence-corrected chi connectivity index (χ0v) is 5.52. The van der Waals surface area contributed by atoms with Gasteiger partial charge in [-0.15, -0.1) is 0 Å². The van der Waals surface area contributed by atoms with Gasteiger partial charge in [-0.2, -0.15) is 0 Å². The molecule has 1 saturated heterocycles. The first-order valence-corrected chi connectivity index (χ1v) is 3.07. The summed E-state index contributed by atoms with van der Waals surface area (Å²) in [5, 5.41) is 0. The summed E-state index contributed by atoms with van der Waals surface area (Å²) in [6.07, 6.45) is 0.175. The maximum absolute atomic E-state index is 10.6. The average molecular weight is 146 g/mol. The largest absolute Gasteiger partial charge is 0.475 e. The lowest BCUT2D eigenvalue weighted by Gasteiger charge is -2.00. The lowest BCUT2D eigenvalue weighted by atomic mass is 10.3. The molecule has 0 saturated carbocycles. The van der Waals surface area contributed by atoms with Gasteiger partial charge in [-0.3, -0.25) is 0 Å². The van der Waals surface area contributed by atoms with Gasteiger partial charge in [-0.25, -0.2) is 4.79 Å². The van der Waals surface area contributed by atoms with Crippen LogP contribution in [0.3, 0.4) is 0 Å². The van der Waals surface area contributed by atoms with Crippen LogP contribution in [0.15, 0.2) is 0 Å². The standard InChI is InChI=1S/C5H6O3S/c6-5-4(8-3-9)1-2-7-5/h3-4H,1-2H2/t4-/m0/s1. The molecule has 3 nitrogen and oxygen atoms in total. The van der Waals surface area contributed by atoms with Crippen LogP contribution in [0, 0.1) is 0 Å². The average Bonchev–Trinajstić information content (AvgIpc) is 2.18. The fourth-order valence-corrected chi connectivity index (χ4v) is 0.802. The van der Waals surface area contributed by atoms with Crippen molar-refractivity contribution in [3.63, 3.8) is 0 Å². The Bertz CT molecular complexity index is 134. The molecule has 4 heteroatoms. The van der Waals surface area contributed by atoms with Crippen molar-refractivity contribution in [3.8, 4) is 0 Å². The monoisotopic (exact) mass is 146 g/mol. The zero-order chi connectivity index (χ0) is 6.69. The Morgan fingerprint density at radius 1 is 1.89 bits per heavy atom. The van der Waals surface area contributed by atoms with Crippen molar-refractivity contribution >= 4 is 23.7 Å². The topological polar surface area (TPSA) is 35.5 Å². The van der Waals surface area contributed by atoms with Gasteiger partial charge in [0.2, 0.25) is 0 Å². The molecule has 1 fully saturated rings. The second-order valence-electron chi connectivity index (χ2n) is 1.68. The third-order valence-electron chi connectivity index (χ3n) is 1.11. The van der Waals surface area contributed by atoms with Crippen molar-refractivity contribution in [2.75, 3.05) is 6.61 Å². The number of rotatable bonds is 2. The number of hydrogen-bond donors (Lipinski definition) is 0. The highest BCUT2D eigenvalue weighted by atomic mass is 32.1. The van der Waals surface area contributed by atoms with Crippen molar-refractivity contribution in [1.82, 2.24) is 0 Å². The van der Waals surface area contributed by atoms with Crippen molar-refractivity contribution < 1.29 is 14.3 Å². The number of cyclic esters (lactones) is 1. The Morgan fingerprint density at radius 2 is 2.67 bits per heavy atom. The van der Waals surface area contributed by atoms with Crippen LogP contribution < -0.4 is 0 Å². The molecule has 0 aromatic rings. The Labute approximate surface area is 57.9 Å². The van der Waals surface area contributed by atoms with Crippen LogP contribution in [-0.4, -0.2) is 24.2 Å². The molecule has 9 heavy (non-hydrogen) atoms. The predicted molar refractivity (Wildman–Crippen MR) is 34.1 cm³/mol. The van der Waals surface area contributed by atoms with Gasteiger partial charge in [0.15, 0.2) is 6.10 Å². The van der Waals surface area contributed by atoms with E-state index in [4.69, 9.17) is 4.74 Å². The zero-order valence-electron chi connectivity index (χ0n) is 4.70. The van der Waals surface area contributed by atoms with Crippen LogP contribution in [0.1, 0.15) is 6.42 Å². The molecule has 0 amide bonds. The van der Waals surface area contributed by atoms with E-state index in [-0.39, 0.29) is 5.97 Å². The highest BCUT2D eigenvalue weighted by molar-refractivity contribution is 7.78. The van der Waals surface area contributed by atoms with Gasteiger partial charge in [0.05, 0.1) is 6.61 Å². The molecule has 50 valence electrons. The van der Waals surface area contributed by atoms with Gasteiger partial charge in [0.1, 0.15) is 5.55 Å². The van der Waals surface area contributed by atoms with E-state index in [0.29, 0.717) is 13.0 Å². The summed E-state index contributed by atoms with van der Waals surface area (Å²) in [7, 11) is 0. The molecule has 1 rings (SSSR count). The van der Waals surface area contributed by atoms with Crippen LogP contribution in [0.4, 0.5) is 0 Å². The highest BCUT2D eigenvalue weighted by Crippen LogP contribution is 2.08. The molecule has 1 atom stereocenters. The summed E-state index contributed by atoms with van der Waals surface area (Å²) < 4.78 is 9.32. The summed E-state index contributed by atoms with van der Waals surface area (Å²) in [5.41, 5.74) is 1.09. The smallest absolute Gasteiger partial charge is 0.347 e. The summed E-state index contributed by atoms with van der Waals surface area (Å²) in [6.45, 7) is 0.451. The first kappa shape index (κ1) is 6.48. The van der Waals surface area contributed by atoms with Gasteiger partial charge in [0, 0.05) is 6.42 Å². The van der Waals surface area contributed by atoms with Crippen LogP contribution in [-0.2, 0) is 14.3 Å². The van der Waals surface area contributed by atoms with Crippen LogP contribution in [0.2, 0.25) is 0 Å². The molecule has 1 aliphatic rings. The second kappa shape index (κ2) is 2.77. The Morgan fingerprint density at radius 3 is 3.11 bits per heavy atom. The number of thiocarbonyl (C=S) groups is 1. The number of esters is 1. The molecular weight excluding hydrogens is 140 g/mol. The van der Waals surface area contributed by atoms with Crippen molar-refractivity contribution in [1.29, 1.82) is 0 Å². The van der Waals surface area contributed by atoms with Crippen molar-refractivity contribution in [3.05, 3.63) is 0 Å². The molecule has 0 N–H and O–H groups in total. The van der Waals surface area contributed by atoms with Gasteiger partial charge in [-0.1, -0.05) is 0 Å². The lowest BCUT2D eigenvalue weighted by Crippen LogP contribution is -2.16. The van der Waals surface area contributed by atoms with Crippen LogP contribution in [0.5, 0.6) is 0 Å². The number of carbonyl (C=O) groups excluding carboxylic acids is 1. The SMILES string of the molecule is O=C1OCC[C@@H]1OC=S. The van der Waals surface area contributed by atoms with Crippen LogP contribution in [0.25, 0.3) is 0 Å². The highest BCUT2D eigenvalue weighted by Gasteiger charge is 2.26. The van der Waals surface area contributed by atoms with Gasteiger partial charge in [-0.05, 0) is 12.2 Å². The maximum Gasteiger partial charge on any atom is 0.347 e. The van der Waals surface area contributed by atoms with E-state index in [1.807, 2.05) is 0 Å². The number of hydrogen-bond acceptors (Lipinski definition) is 4. The Balaban J connectivity index is 2.39. The Hall–Kier alpha value is -0.640. The summed E-state index contributed by atoms with van der Waals surface area (Å²) in [4.78, 5) is 10.6. The second-order valence-corrected chi connectivity index (χ2v) is 1.87. The third kappa shape index (κ3) is 1.38. The quantitative estimate of drug-likeness (QED) is 0.414. The first-order valence-electron chi connectivity index (χ1n) is 2.60. The fourth-order valence-electron chi connectivity index (χ4n) is 0.668. The Kier molecular flexibility index (Phi) is 2.00. The minimum atomic E-state index is -0.442. The molecular formula is C5H6O3S. The number of carbonyl (C=O) groups is 1. The molecule has 0 aliphatic carbocycles. The summed E-state index contributed by atoms with van der Waals surface area (Å²) in [5.74, 6) is -0.309. The number of ether oxygens (including phenoxy) is 2. The van der Waals surface area contributed by atoms with Crippen molar-refractivity contribution in [2.45, 2.75) is 12.5 Å². The summed E-state index contributed by atoms with van der Waals surface area (Å²) >= 11 is 4.39.